The molecule has 2 aliphatic rings. The van der Waals surface area contributed by atoms with Crippen LogP contribution in [0.4, 0.5) is 0 Å². The van der Waals surface area contributed by atoms with Gasteiger partial charge in [0.15, 0.2) is 0 Å². The molecule has 2 fully saturated rings. The second kappa shape index (κ2) is 8.29. The van der Waals surface area contributed by atoms with E-state index in [1.54, 1.807) is 12.1 Å². The SMILES string of the molecule is O=C1CC(C(=O)N2CCCC(O)C2)N(S(=O)(=O)c2ccc(-c3ccccc3)cc2)C1. The maximum atomic E-state index is 13.2. The van der Waals surface area contributed by atoms with E-state index in [0.29, 0.717) is 19.4 Å². The van der Waals surface area contributed by atoms with E-state index in [1.807, 2.05) is 30.3 Å². The van der Waals surface area contributed by atoms with Gasteiger partial charge in [0.1, 0.15) is 11.8 Å². The monoisotopic (exact) mass is 428 g/mol. The Bertz CT molecular complexity index is 1040. The summed E-state index contributed by atoms with van der Waals surface area (Å²) >= 11 is 0. The van der Waals surface area contributed by atoms with Crippen molar-refractivity contribution >= 4 is 21.7 Å². The number of rotatable bonds is 4. The Morgan fingerprint density at radius 2 is 1.67 bits per heavy atom. The molecule has 2 aliphatic heterocycles. The third-order valence-corrected chi connectivity index (χ3v) is 7.53. The predicted molar refractivity (Wildman–Crippen MR) is 111 cm³/mol. The molecule has 0 spiro atoms. The zero-order valence-corrected chi connectivity index (χ0v) is 17.3. The molecular formula is C22H24N2O5S. The maximum absolute atomic E-state index is 13.2. The third kappa shape index (κ3) is 4.03. The second-order valence-electron chi connectivity index (χ2n) is 7.78. The summed E-state index contributed by atoms with van der Waals surface area (Å²) in [6, 6.07) is 15.0. The molecule has 0 saturated carbocycles. The number of nitrogens with zero attached hydrogens (tertiary/aromatic N) is 2. The number of benzene rings is 2. The van der Waals surface area contributed by atoms with Crippen LogP contribution in [0.5, 0.6) is 0 Å². The zero-order chi connectivity index (χ0) is 21.3. The molecule has 1 amide bonds. The lowest BCUT2D eigenvalue weighted by Gasteiger charge is -2.33. The number of ketones is 1. The fraction of sp³-hybridized carbons (Fsp3) is 0.364. The maximum Gasteiger partial charge on any atom is 0.244 e. The first kappa shape index (κ1) is 20.7. The number of hydrogen-bond donors (Lipinski definition) is 1. The van der Waals surface area contributed by atoms with Crippen molar-refractivity contribution in [3.05, 3.63) is 54.6 Å². The lowest BCUT2D eigenvalue weighted by atomic mass is 10.1. The van der Waals surface area contributed by atoms with Crippen molar-refractivity contribution in [3.8, 4) is 11.1 Å². The van der Waals surface area contributed by atoms with Crippen molar-refractivity contribution in [2.45, 2.75) is 36.3 Å². The molecule has 30 heavy (non-hydrogen) atoms. The van der Waals surface area contributed by atoms with Crippen LogP contribution in [0.15, 0.2) is 59.5 Å². The Morgan fingerprint density at radius 3 is 2.33 bits per heavy atom. The van der Waals surface area contributed by atoms with Crippen LogP contribution in [0.2, 0.25) is 0 Å². The van der Waals surface area contributed by atoms with Crippen molar-refractivity contribution in [2.24, 2.45) is 0 Å². The zero-order valence-electron chi connectivity index (χ0n) is 16.5. The first-order valence-corrected chi connectivity index (χ1v) is 11.5. The predicted octanol–water partition coefficient (Wildman–Crippen LogP) is 1.67. The minimum absolute atomic E-state index is 0.0494. The standard InChI is InChI=1S/C22H24N2O5S/c25-18-7-4-12-23(14-18)22(27)21-13-19(26)15-24(21)30(28,29)20-10-8-17(9-11-20)16-5-2-1-3-6-16/h1-3,5-6,8-11,18,21,25H,4,7,12-15H2. The van der Waals surface area contributed by atoms with Crippen LogP contribution >= 0.6 is 0 Å². The molecule has 7 nitrogen and oxygen atoms in total. The summed E-state index contributed by atoms with van der Waals surface area (Å²) in [6.45, 7) is 0.318. The van der Waals surface area contributed by atoms with E-state index in [2.05, 4.69) is 0 Å². The molecule has 0 aliphatic carbocycles. The summed E-state index contributed by atoms with van der Waals surface area (Å²) < 4.78 is 27.5. The highest BCUT2D eigenvalue weighted by Crippen LogP contribution is 2.28. The van der Waals surface area contributed by atoms with Crippen molar-refractivity contribution in [3.63, 3.8) is 0 Å². The smallest absolute Gasteiger partial charge is 0.244 e. The van der Waals surface area contributed by atoms with E-state index in [0.717, 1.165) is 15.4 Å². The minimum atomic E-state index is -4.01. The molecule has 1 N–H and O–H groups in total. The molecule has 0 radical (unpaired) electrons. The molecule has 2 aromatic carbocycles. The van der Waals surface area contributed by atoms with Gasteiger partial charge in [0, 0.05) is 19.5 Å². The Kier molecular flexibility index (Phi) is 5.73. The summed E-state index contributed by atoms with van der Waals surface area (Å²) in [5.41, 5.74) is 1.84. The normalized spacial score (nSPS) is 23.0. The van der Waals surface area contributed by atoms with Crippen LogP contribution in [-0.2, 0) is 19.6 Å². The van der Waals surface area contributed by atoms with Crippen LogP contribution < -0.4 is 0 Å². The van der Waals surface area contributed by atoms with Gasteiger partial charge in [-0.2, -0.15) is 4.31 Å². The van der Waals surface area contributed by atoms with E-state index in [1.165, 1.54) is 17.0 Å². The van der Waals surface area contributed by atoms with Gasteiger partial charge in [0.05, 0.1) is 17.5 Å². The molecule has 0 aromatic heterocycles. The highest BCUT2D eigenvalue weighted by molar-refractivity contribution is 7.89. The van der Waals surface area contributed by atoms with E-state index in [4.69, 9.17) is 0 Å². The van der Waals surface area contributed by atoms with Gasteiger partial charge in [0.2, 0.25) is 15.9 Å². The molecule has 2 heterocycles. The average molecular weight is 429 g/mol. The molecular weight excluding hydrogens is 404 g/mol. The molecule has 4 rings (SSSR count). The quantitative estimate of drug-likeness (QED) is 0.799. The summed E-state index contributed by atoms with van der Waals surface area (Å²) in [5, 5.41) is 9.85. The molecule has 0 bridgehead atoms. The van der Waals surface area contributed by atoms with E-state index >= 15 is 0 Å². The lowest BCUT2D eigenvalue weighted by Crippen LogP contribution is -2.51. The van der Waals surface area contributed by atoms with Crippen molar-refractivity contribution < 1.29 is 23.1 Å². The number of Topliss-reactive ketones (excluding diaryl/α,β-unsaturated/α-hetero) is 1. The van der Waals surface area contributed by atoms with Crippen molar-refractivity contribution in [1.29, 1.82) is 0 Å². The first-order valence-electron chi connectivity index (χ1n) is 10.0. The van der Waals surface area contributed by atoms with Gasteiger partial charge >= 0.3 is 0 Å². The first-order chi connectivity index (χ1) is 14.4. The van der Waals surface area contributed by atoms with Crippen LogP contribution in [0, 0.1) is 0 Å². The largest absolute Gasteiger partial charge is 0.391 e. The minimum Gasteiger partial charge on any atom is -0.391 e. The second-order valence-corrected chi connectivity index (χ2v) is 9.67. The average Bonchev–Trinajstić information content (AvgIpc) is 3.16. The Balaban J connectivity index is 1.58. The summed E-state index contributed by atoms with van der Waals surface area (Å²) in [5.74, 6) is -0.695. The number of piperidine rings is 1. The number of carbonyl (C=O) groups excluding carboxylic acids is 2. The van der Waals surface area contributed by atoms with E-state index < -0.39 is 28.1 Å². The van der Waals surface area contributed by atoms with Crippen LogP contribution in [0.1, 0.15) is 19.3 Å². The molecule has 158 valence electrons. The van der Waals surface area contributed by atoms with Crippen LogP contribution in [-0.4, -0.2) is 66.2 Å². The van der Waals surface area contributed by atoms with Gasteiger partial charge in [0.25, 0.3) is 0 Å². The summed E-state index contributed by atoms with van der Waals surface area (Å²) in [6.07, 6.45) is 0.521. The Labute approximate surface area is 176 Å². The molecule has 2 saturated heterocycles. The molecule has 8 heteroatoms. The number of aliphatic hydroxyl groups is 1. The number of sulfonamides is 1. The summed E-state index contributed by atoms with van der Waals surface area (Å²) in [4.78, 5) is 26.6. The highest BCUT2D eigenvalue weighted by Gasteiger charge is 2.45. The van der Waals surface area contributed by atoms with Gasteiger partial charge < -0.3 is 10.0 Å². The number of aliphatic hydroxyl groups excluding tert-OH is 1. The van der Waals surface area contributed by atoms with Crippen molar-refractivity contribution in [2.75, 3.05) is 19.6 Å². The van der Waals surface area contributed by atoms with Gasteiger partial charge in [-0.15, -0.1) is 0 Å². The summed E-state index contributed by atoms with van der Waals surface area (Å²) in [7, 11) is -4.01. The Morgan fingerprint density at radius 1 is 1.00 bits per heavy atom. The van der Waals surface area contributed by atoms with E-state index in [-0.39, 0.29) is 30.2 Å². The highest BCUT2D eigenvalue weighted by atomic mass is 32.2. The number of β-amino-alcohol motifs (C(OH)–C–C–N with tert-alkyl or cyclic N) is 1. The topological polar surface area (TPSA) is 95.0 Å². The molecule has 2 unspecified atom stereocenters. The van der Waals surface area contributed by atoms with Gasteiger partial charge in [-0.3, -0.25) is 9.59 Å². The van der Waals surface area contributed by atoms with Crippen LogP contribution in [0.3, 0.4) is 0 Å². The number of likely N-dealkylation sites (tertiary alicyclic amines) is 1. The van der Waals surface area contributed by atoms with Gasteiger partial charge in [-0.1, -0.05) is 42.5 Å². The fourth-order valence-electron chi connectivity index (χ4n) is 4.08. The number of carbonyl (C=O) groups is 2. The van der Waals surface area contributed by atoms with Crippen molar-refractivity contribution in [1.82, 2.24) is 9.21 Å². The molecule has 2 atom stereocenters. The van der Waals surface area contributed by atoms with Gasteiger partial charge in [-0.25, -0.2) is 8.42 Å². The number of hydrogen-bond acceptors (Lipinski definition) is 5. The fourth-order valence-corrected chi connectivity index (χ4v) is 5.64. The molecule has 2 aromatic rings. The lowest BCUT2D eigenvalue weighted by molar-refractivity contribution is -0.138. The Hall–Kier alpha value is -2.55. The van der Waals surface area contributed by atoms with E-state index in [9.17, 15) is 23.1 Å². The van der Waals surface area contributed by atoms with Crippen LogP contribution in [0.25, 0.3) is 11.1 Å². The number of amides is 1. The third-order valence-electron chi connectivity index (χ3n) is 5.66. The van der Waals surface area contributed by atoms with Gasteiger partial charge in [-0.05, 0) is 36.1 Å².